The zero-order valence-corrected chi connectivity index (χ0v) is 9.71. The number of benzene rings is 1. The largest absolute Gasteiger partial charge is 0.350 e. The van der Waals surface area contributed by atoms with E-state index in [0.29, 0.717) is 6.42 Å². The minimum atomic E-state index is 0.102. The fourth-order valence-electron chi connectivity index (χ4n) is 1.69. The van der Waals surface area contributed by atoms with Crippen LogP contribution in [0.1, 0.15) is 43.9 Å². The molecular weight excluding hydrogens is 186 g/mol. The zero-order chi connectivity index (χ0) is 11.3. The molecule has 0 unspecified atom stereocenters. The Morgan fingerprint density at radius 1 is 1.40 bits per heavy atom. The molecule has 0 bridgehead atoms. The monoisotopic (exact) mass is 205 g/mol. The van der Waals surface area contributed by atoms with Crippen LogP contribution in [0.3, 0.4) is 0 Å². The number of amides is 1. The maximum absolute atomic E-state index is 11.4. The minimum absolute atomic E-state index is 0.102. The summed E-state index contributed by atoms with van der Waals surface area (Å²) >= 11 is 0. The van der Waals surface area contributed by atoms with E-state index in [4.69, 9.17) is 0 Å². The van der Waals surface area contributed by atoms with Crippen molar-refractivity contribution < 1.29 is 4.79 Å². The summed E-state index contributed by atoms with van der Waals surface area (Å²) in [4.78, 5) is 11.4. The molecule has 0 spiro atoms. The van der Waals surface area contributed by atoms with Gasteiger partial charge in [0.05, 0.1) is 6.04 Å². The molecule has 1 atom stereocenters. The van der Waals surface area contributed by atoms with E-state index in [9.17, 15) is 4.79 Å². The van der Waals surface area contributed by atoms with Gasteiger partial charge in [0.1, 0.15) is 0 Å². The van der Waals surface area contributed by atoms with Crippen molar-refractivity contribution in [1.29, 1.82) is 0 Å². The second kappa shape index (κ2) is 5.54. The van der Waals surface area contributed by atoms with Gasteiger partial charge >= 0.3 is 0 Å². The van der Waals surface area contributed by atoms with Crippen LogP contribution < -0.4 is 5.32 Å². The Morgan fingerprint density at radius 2 is 2.07 bits per heavy atom. The van der Waals surface area contributed by atoms with Gasteiger partial charge in [-0.15, -0.1) is 0 Å². The van der Waals surface area contributed by atoms with Gasteiger partial charge in [0.15, 0.2) is 0 Å². The Bertz CT molecular complexity index is 333. The lowest BCUT2D eigenvalue weighted by Crippen LogP contribution is -2.26. The van der Waals surface area contributed by atoms with E-state index < -0.39 is 0 Å². The van der Waals surface area contributed by atoms with Crippen molar-refractivity contribution in [2.75, 3.05) is 0 Å². The fourth-order valence-corrected chi connectivity index (χ4v) is 1.69. The lowest BCUT2D eigenvalue weighted by Gasteiger charge is -2.16. The van der Waals surface area contributed by atoms with Crippen LogP contribution in [0.25, 0.3) is 0 Å². The molecule has 1 rings (SSSR count). The zero-order valence-electron chi connectivity index (χ0n) is 9.71. The molecule has 1 aromatic rings. The molecule has 0 fully saturated rings. The highest BCUT2D eigenvalue weighted by Gasteiger charge is 2.09. The van der Waals surface area contributed by atoms with Crippen LogP contribution in [0.2, 0.25) is 0 Å². The Labute approximate surface area is 91.7 Å². The van der Waals surface area contributed by atoms with Crippen molar-refractivity contribution in [2.24, 2.45) is 0 Å². The first-order valence-electron chi connectivity index (χ1n) is 5.50. The minimum Gasteiger partial charge on any atom is -0.350 e. The van der Waals surface area contributed by atoms with E-state index in [-0.39, 0.29) is 11.9 Å². The molecule has 0 aliphatic heterocycles. The summed E-state index contributed by atoms with van der Waals surface area (Å²) in [5.74, 6) is 0.133. The molecule has 1 N–H and O–H groups in total. The maximum Gasteiger partial charge on any atom is 0.220 e. The quantitative estimate of drug-likeness (QED) is 0.804. The Morgan fingerprint density at radius 3 is 2.67 bits per heavy atom. The van der Waals surface area contributed by atoms with E-state index in [1.807, 2.05) is 26.0 Å². The number of aryl methyl sites for hydroxylation is 1. The lowest BCUT2D eigenvalue weighted by atomic mass is 10.0. The van der Waals surface area contributed by atoms with Crippen LogP contribution in [-0.4, -0.2) is 5.91 Å². The smallest absolute Gasteiger partial charge is 0.220 e. The number of carbonyl (C=O) groups excluding carboxylic acids is 1. The van der Waals surface area contributed by atoms with Crippen molar-refractivity contribution in [1.82, 2.24) is 5.32 Å². The first-order valence-corrected chi connectivity index (χ1v) is 5.50. The van der Waals surface area contributed by atoms with Crippen LogP contribution in [-0.2, 0) is 4.79 Å². The van der Waals surface area contributed by atoms with Gasteiger partial charge < -0.3 is 5.32 Å². The van der Waals surface area contributed by atoms with Crippen LogP contribution in [0.4, 0.5) is 0 Å². The SMILES string of the molecule is CCCC(=O)N[C@H](C)c1ccccc1C. The fraction of sp³-hybridized carbons (Fsp3) is 0.462. The van der Waals surface area contributed by atoms with Crippen LogP contribution in [0.15, 0.2) is 24.3 Å². The standard InChI is InChI=1S/C13H19NO/c1-4-7-13(15)14-11(3)12-9-6-5-8-10(12)2/h5-6,8-9,11H,4,7H2,1-3H3,(H,14,15)/t11-/m1/s1. The summed E-state index contributed by atoms with van der Waals surface area (Å²) < 4.78 is 0. The summed E-state index contributed by atoms with van der Waals surface area (Å²) in [6, 6.07) is 8.25. The summed E-state index contributed by atoms with van der Waals surface area (Å²) in [6.07, 6.45) is 1.50. The maximum atomic E-state index is 11.4. The molecule has 0 aliphatic rings. The first kappa shape index (κ1) is 11.8. The third-order valence-electron chi connectivity index (χ3n) is 2.51. The molecule has 0 heterocycles. The summed E-state index contributed by atoms with van der Waals surface area (Å²) in [7, 11) is 0. The van der Waals surface area contributed by atoms with E-state index >= 15 is 0 Å². The average molecular weight is 205 g/mol. The molecule has 1 amide bonds. The highest BCUT2D eigenvalue weighted by Crippen LogP contribution is 2.16. The Kier molecular flexibility index (Phi) is 4.35. The molecule has 15 heavy (non-hydrogen) atoms. The predicted octanol–water partition coefficient (Wildman–Crippen LogP) is 2.97. The molecular formula is C13H19NO. The molecule has 82 valence electrons. The van der Waals surface area contributed by atoms with Gasteiger partial charge in [-0.25, -0.2) is 0 Å². The van der Waals surface area contributed by atoms with Crippen LogP contribution >= 0.6 is 0 Å². The van der Waals surface area contributed by atoms with Crippen molar-refractivity contribution >= 4 is 5.91 Å². The third kappa shape index (κ3) is 3.39. The number of nitrogens with one attached hydrogen (secondary N) is 1. The summed E-state index contributed by atoms with van der Waals surface area (Å²) in [6.45, 7) is 6.10. The van der Waals surface area contributed by atoms with Gasteiger partial charge in [0, 0.05) is 6.42 Å². The number of rotatable bonds is 4. The highest BCUT2D eigenvalue weighted by molar-refractivity contribution is 5.76. The molecule has 0 aliphatic carbocycles. The second-order valence-electron chi connectivity index (χ2n) is 3.90. The van der Waals surface area contributed by atoms with Gasteiger partial charge in [-0.2, -0.15) is 0 Å². The summed E-state index contributed by atoms with van der Waals surface area (Å²) in [5.41, 5.74) is 2.42. The molecule has 2 nitrogen and oxygen atoms in total. The molecule has 0 aromatic heterocycles. The molecule has 0 radical (unpaired) electrons. The topological polar surface area (TPSA) is 29.1 Å². The molecule has 0 saturated heterocycles. The number of carbonyl (C=O) groups is 1. The molecule has 2 heteroatoms. The highest BCUT2D eigenvalue weighted by atomic mass is 16.1. The van der Waals surface area contributed by atoms with Crippen molar-refractivity contribution in [2.45, 2.75) is 39.7 Å². The van der Waals surface area contributed by atoms with E-state index in [1.54, 1.807) is 0 Å². The lowest BCUT2D eigenvalue weighted by molar-refractivity contribution is -0.121. The van der Waals surface area contributed by atoms with Crippen molar-refractivity contribution in [3.63, 3.8) is 0 Å². The van der Waals surface area contributed by atoms with E-state index in [2.05, 4.69) is 24.4 Å². The van der Waals surface area contributed by atoms with Crippen LogP contribution in [0.5, 0.6) is 0 Å². The Balaban J connectivity index is 2.65. The van der Waals surface area contributed by atoms with Gasteiger partial charge in [0.2, 0.25) is 5.91 Å². The predicted molar refractivity (Wildman–Crippen MR) is 62.6 cm³/mol. The van der Waals surface area contributed by atoms with Gasteiger partial charge in [-0.1, -0.05) is 31.2 Å². The molecule has 0 saturated carbocycles. The summed E-state index contributed by atoms with van der Waals surface area (Å²) in [5, 5.41) is 3.00. The third-order valence-corrected chi connectivity index (χ3v) is 2.51. The second-order valence-corrected chi connectivity index (χ2v) is 3.90. The van der Waals surface area contributed by atoms with Gasteiger partial charge in [0.25, 0.3) is 0 Å². The van der Waals surface area contributed by atoms with Gasteiger partial charge in [-0.05, 0) is 31.4 Å². The van der Waals surface area contributed by atoms with Gasteiger partial charge in [-0.3, -0.25) is 4.79 Å². The number of hydrogen-bond acceptors (Lipinski definition) is 1. The average Bonchev–Trinajstić information content (AvgIpc) is 2.18. The molecule has 1 aromatic carbocycles. The normalized spacial score (nSPS) is 12.2. The van der Waals surface area contributed by atoms with Crippen molar-refractivity contribution in [3.05, 3.63) is 35.4 Å². The van der Waals surface area contributed by atoms with E-state index in [0.717, 1.165) is 6.42 Å². The number of hydrogen-bond donors (Lipinski definition) is 1. The van der Waals surface area contributed by atoms with Crippen molar-refractivity contribution in [3.8, 4) is 0 Å². The Hall–Kier alpha value is -1.31. The first-order chi connectivity index (χ1) is 7.15. The van der Waals surface area contributed by atoms with Crippen LogP contribution in [0, 0.1) is 6.92 Å². The van der Waals surface area contributed by atoms with E-state index in [1.165, 1.54) is 11.1 Å².